The van der Waals surface area contributed by atoms with E-state index >= 15 is 0 Å². The van der Waals surface area contributed by atoms with Gasteiger partial charge in [0.25, 0.3) is 0 Å². The van der Waals surface area contributed by atoms with Gasteiger partial charge in [0, 0.05) is 21.3 Å². The first kappa shape index (κ1) is 44.1. The molecular weight excluding hydrogens is 1040 g/mol. The largest absolute Gasteiger partial charge is 3.00 e. The van der Waals surface area contributed by atoms with Crippen molar-refractivity contribution in [2.75, 3.05) is 0 Å². The van der Waals surface area contributed by atoms with Crippen LogP contribution in [-0.4, -0.2) is 15.0 Å². The molecule has 0 aliphatic carbocycles. The number of pyridine rings is 3. The molecule has 0 unspecified atom stereocenters. The summed E-state index contributed by atoms with van der Waals surface area (Å²) in [6.45, 7) is 6.67. The summed E-state index contributed by atoms with van der Waals surface area (Å²) in [5, 5.41) is 0. The Morgan fingerprint density at radius 1 is 0.338 bits per heavy atom. The molecule has 3 heterocycles. The molecule has 0 saturated heterocycles. The number of rotatable bonds is 10. The number of hydrogen-bond donors (Lipinski definition) is 0. The quantitative estimate of drug-likeness (QED) is 0.128. The Morgan fingerprint density at radius 3 is 1.25 bits per heavy atom. The molecule has 0 aliphatic heterocycles. The Kier molecular flexibility index (Phi) is 12.7. The minimum Gasteiger partial charge on any atom is -0.305 e. The molecule has 3 nitrogen and oxygen atoms in total. The van der Waals surface area contributed by atoms with Crippen LogP contribution in [0.25, 0.3) is 112 Å². The van der Waals surface area contributed by atoms with Gasteiger partial charge in [0.05, 0.1) is 0 Å². The first-order valence-electron chi connectivity index (χ1n) is 24.6. The van der Waals surface area contributed by atoms with Crippen molar-refractivity contribution in [2.24, 2.45) is 0 Å². The minimum absolute atomic E-state index is 0. The van der Waals surface area contributed by atoms with E-state index in [0.717, 1.165) is 112 Å². The van der Waals surface area contributed by atoms with Crippen molar-refractivity contribution in [3.8, 4) is 112 Å². The van der Waals surface area contributed by atoms with Crippen molar-refractivity contribution in [3.05, 3.63) is 261 Å². The average Bonchev–Trinajstić information content (AvgIpc) is 3.43. The zero-order chi connectivity index (χ0) is 49.2. The van der Waals surface area contributed by atoms with Crippen LogP contribution in [0.2, 0.25) is 0 Å². The van der Waals surface area contributed by atoms with E-state index in [-0.39, 0.29) is 25.5 Å². The predicted octanol–water partition coefficient (Wildman–Crippen LogP) is 17.2. The molecule has 3 aromatic heterocycles. The number of benzene rings is 8. The predicted molar refractivity (Wildman–Crippen MR) is 289 cm³/mol. The molecule has 0 amide bonds. The molecule has 0 aliphatic rings. The van der Waals surface area contributed by atoms with Crippen LogP contribution in [0.15, 0.2) is 237 Å². The molecule has 0 N–H and O–H groups in total. The first-order valence-corrected chi connectivity index (χ1v) is 23.6. The maximum Gasteiger partial charge on any atom is 3.00 e. The van der Waals surface area contributed by atoms with Crippen molar-refractivity contribution in [3.63, 3.8) is 0 Å². The first-order chi connectivity index (χ1) is 35.2. The zero-order valence-corrected chi connectivity index (χ0v) is 41.9. The Balaban J connectivity index is 0.00000611. The van der Waals surface area contributed by atoms with E-state index in [4.69, 9.17) is 4.98 Å². The molecule has 0 fully saturated rings. The van der Waals surface area contributed by atoms with Gasteiger partial charge >= 0.3 is 20.1 Å². The van der Waals surface area contributed by atoms with Gasteiger partial charge in [-0.15, -0.1) is 83.4 Å². The third-order valence-corrected chi connectivity index (χ3v) is 12.8. The molecule has 8 aromatic carbocycles. The van der Waals surface area contributed by atoms with Crippen LogP contribution >= 0.6 is 0 Å². The van der Waals surface area contributed by atoms with Gasteiger partial charge in [0.2, 0.25) is 0 Å². The fourth-order valence-electron chi connectivity index (χ4n) is 9.18. The van der Waals surface area contributed by atoms with Crippen molar-refractivity contribution in [1.29, 1.82) is 0 Å². The molecular formula is C67H48IrN3. The molecule has 11 rings (SSSR count). The van der Waals surface area contributed by atoms with E-state index < -0.39 is 0 Å². The molecule has 0 atom stereocenters. The molecule has 4 heteroatoms. The number of aromatic nitrogens is 3. The summed E-state index contributed by atoms with van der Waals surface area (Å²) in [5.74, 6) is 0. The van der Waals surface area contributed by atoms with Gasteiger partial charge in [0.15, 0.2) is 0 Å². The van der Waals surface area contributed by atoms with Gasteiger partial charge in [-0.25, -0.2) is 0 Å². The summed E-state index contributed by atoms with van der Waals surface area (Å²) in [6, 6.07) is 81.6. The maximum absolute atomic E-state index is 9.37. The SMILES string of the molecule is [2H]c1cc(-c2ccccn2)[c-]cc1-c1ccccc1-c1cc(-c2ccccc2-c2c[c-]c(-c3ccccn3)cc2[2H])cc(-c2ccccc2-c2c[c-]c(-c3cc(C(C)(C)C)ccn3)cc2-c2ccccc2)c1.[Ir+3]. The van der Waals surface area contributed by atoms with Crippen LogP contribution in [-0.2, 0) is 25.5 Å². The zero-order valence-electron chi connectivity index (χ0n) is 41.5. The van der Waals surface area contributed by atoms with Crippen molar-refractivity contribution in [1.82, 2.24) is 15.0 Å². The Bertz CT molecular complexity index is 3610. The van der Waals surface area contributed by atoms with Crippen molar-refractivity contribution >= 4 is 0 Å². The summed E-state index contributed by atoms with van der Waals surface area (Å²) >= 11 is 0. The third kappa shape index (κ3) is 9.87. The minimum atomic E-state index is -0.0352. The van der Waals surface area contributed by atoms with Crippen LogP contribution in [0.4, 0.5) is 0 Å². The molecule has 0 saturated carbocycles. The molecule has 0 spiro atoms. The summed E-state index contributed by atoms with van der Waals surface area (Å²) in [5.41, 5.74) is 19.7. The van der Waals surface area contributed by atoms with E-state index in [2.05, 4.69) is 182 Å². The summed E-state index contributed by atoms with van der Waals surface area (Å²) in [6.07, 6.45) is 5.42. The molecule has 0 radical (unpaired) electrons. The Labute approximate surface area is 433 Å². The summed E-state index contributed by atoms with van der Waals surface area (Å²) in [7, 11) is 0. The van der Waals surface area contributed by atoms with Crippen LogP contribution in [0.5, 0.6) is 0 Å². The fraction of sp³-hybridized carbons (Fsp3) is 0.0597. The van der Waals surface area contributed by atoms with Crippen LogP contribution in [0.1, 0.15) is 29.1 Å². The Morgan fingerprint density at radius 2 is 0.775 bits per heavy atom. The van der Waals surface area contributed by atoms with Gasteiger partial charge in [-0.1, -0.05) is 193 Å². The second-order valence-corrected chi connectivity index (χ2v) is 18.4. The molecule has 0 bridgehead atoms. The van der Waals surface area contributed by atoms with Gasteiger partial charge in [-0.2, -0.15) is 0 Å². The van der Waals surface area contributed by atoms with E-state index in [1.165, 1.54) is 5.56 Å². The summed E-state index contributed by atoms with van der Waals surface area (Å²) in [4.78, 5) is 13.9. The van der Waals surface area contributed by atoms with Crippen LogP contribution < -0.4 is 0 Å². The smallest absolute Gasteiger partial charge is 0.305 e. The average molecular weight is 1090 g/mol. The Hall–Kier alpha value is -8.14. The van der Waals surface area contributed by atoms with E-state index in [9.17, 15) is 2.74 Å². The van der Waals surface area contributed by atoms with E-state index in [1.54, 1.807) is 12.4 Å². The van der Waals surface area contributed by atoms with E-state index in [0.29, 0.717) is 12.1 Å². The molecule has 340 valence electrons. The number of hydrogen-bond acceptors (Lipinski definition) is 3. The normalized spacial score (nSPS) is 11.6. The van der Waals surface area contributed by atoms with Gasteiger partial charge in [-0.3, -0.25) is 0 Å². The standard InChI is InChI=1S/C67H48N3.Ir/c1-67(2,3)55-37-40-70-66(45-55)51-35-36-62(63(44-51)46-17-5-4-6-18-46)61-24-12-11-23-60(61)54-42-52(58-21-9-7-19-56(58)47-27-31-49(32-28-47)64-25-13-15-38-68-64)41-53(43-54)59-22-10-8-20-57(59)48-29-33-50(34-30-48)65-26-14-16-39-69-65;/h4-31,33,36-45H,1-3H3;/q-3;+3/i27D,29D;. The topological polar surface area (TPSA) is 38.7 Å². The van der Waals surface area contributed by atoms with Crippen molar-refractivity contribution < 1.29 is 22.8 Å². The van der Waals surface area contributed by atoms with Gasteiger partial charge in [0.1, 0.15) is 0 Å². The van der Waals surface area contributed by atoms with Crippen LogP contribution in [0, 0.1) is 18.2 Å². The number of nitrogens with zero attached hydrogens (tertiary/aromatic N) is 3. The van der Waals surface area contributed by atoms with Gasteiger partial charge in [-0.05, 0) is 103 Å². The summed E-state index contributed by atoms with van der Waals surface area (Å²) < 4.78 is 18.7. The third-order valence-electron chi connectivity index (χ3n) is 12.8. The van der Waals surface area contributed by atoms with Crippen molar-refractivity contribution in [2.45, 2.75) is 26.2 Å². The fourth-order valence-corrected chi connectivity index (χ4v) is 9.18. The molecule has 11 aromatic rings. The van der Waals surface area contributed by atoms with Gasteiger partial charge < -0.3 is 15.0 Å². The molecule has 71 heavy (non-hydrogen) atoms. The second-order valence-electron chi connectivity index (χ2n) is 18.4. The second kappa shape index (κ2) is 20.4. The maximum atomic E-state index is 9.37. The monoisotopic (exact) mass is 1090 g/mol. The van der Waals surface area contributed by atoms with E-state index in [1.807, 2.05) is 79.0 Å². The van der Waals surface area contributed by atoms with Crippen LogP contribution in [0.3, 0.4) is 0 Å².